The third-order valence-corrected chi connectivity index (χ3v) is 3.66. The summed E-state index contributed by atoms with van der Waals surface area (Å²) in [5.41, 5.74) is 0.978. The number of rotatable bonds is 10. The Kier molecular flexibility index (Phi) is 8.68. The van der Waals surface area contributed by atoms with Crippen molar-refractivity contribution in [3.8, 4) is 0 Å². The monoisotopic (exact) mass is 283 g/mol. The van der Waals surface area contributed by atoms with Crippen LogP contribution >= 0.6 is 11.6 Å². The zero-order chi connectivity index (χ0) is 13.9. The maximum Gasteiger partial charge on any atom is 0.0639 e. The number of nitrogens with one attached hydrogen (secondary N) is 1. The van der Waals surface area contributed by atoms with E-state index in [1.165, 1.54) is 25.7 Å². The molecule has 0 aliphatic heterocycles. The highest BCUT2D eigenvalue weighted by atomic mass is 35.5. The van der Waals surface area contributed by atoms with Crippen molar-refractivity contribution in [2.24, 2.45) is 5.92 Å². The van der Waals surface area contributed by atoms with Crippen molar-refractivity contribution >= 4 is 17.3 Å². The van der Waals surface area contributed by atoms with Crippen molar-refractivity contribution in [3.05, 3.63) is 29.3 Å². The predicted molar refractivity (Wildman–Crippen MR) is 84.1 cm³/mol. The highest BCUT2D eigenvalue weighted by Gasteiger charge is 2.05. The Labute approximate surface area is 122 Å². The van der Waals surface area contributed by atoms with Crippen LogP contribution in [0.5, 0.6) is 0 Å². The van der Waals surface area contributed by atoms with Crippen LogP contribution in [0.2, 0.25) is 5.02 Å². The minimum Gasteiger partial charge on any atom is -0.382 e. The summed E-state index contributed by atoms with van der Waals surface area (Å²) in [6, 6.07) is 7.79. The summed E-state index contributed by atoms with van der Waals surface area (Å²) in [5, 5.41) is 4.05. The topological polar surface area (TPSA) is 21.3 Å². The minimum absolute atomic E-state index is 0.709. The van der Waals surface area contributed by atoms with Gasteiger partial charge in [-0.25, -0.2) is 0 Å². The summed E-state index contributed by atoms with van der Waals surface area (Å²) in [6.07, 6.45) is 5.06. The lowest BCUT2D eigenvalue weighted by atomic mass is 10.0. The molecule has 1 N–H and O–H groups in total. The number of hydrogen-bond acceptors (Lipinski definition) is 2. The van der Waals surface area contributed by atoms with Crippen LogP contribution in [0, 0.1) is 5.92 Å². The lowest BCUT2D eigenvalue weighted by Crippen LogP contribution is -2.14. The van der Waals surface area contributed by atoms with Gasteiger partial charge in [-0.2, -0.15) is 0 Å². The van der Waals surface area contributed by atoms with E-state index < -0.39 is 0 Å². The first-order valence-electron chi connectivity index (χ1n) is 7.34. The first kappa shape index (κ1) is 16.3. The summed E-state index contributed by atoms with van der Waals surface area (Å²) in [6.45, 7) is 6.88. The van der Waals surface area contributed by atoms with Gasteiger partial charge < -0.3 is 10.1 Å². The molecule has 0 spiro atoms. The molecular formula is C16H26ClNO. The van der Waals surface area contributed by atoms with Crippen molar-refractivity contribution in [2.45, 2.75) is 39.5 Å². The number of ether oxygens (including phenoxy) is 1. The standard InChI is InChI=1S/C16H26ClNO/c1-3-5-8-14(4-2)13-19-12-11-18-16-10-7-6-9-15(16)17/h6-7,9-10,14,18H,3-5,8,11-13H2,1-2H3. The lowest BCUT2D eigenvalue weighted by Gasteiger charge is -2.15. The molecule has 0 fully saturated rings. The molecule has 0 amide bonds. The number of hydrogen-bond donors (Lipinski definition) is 1. The SMILES string of the molecule is CCCCC(CC)COCCNc1ccccc1Cl. The largest absolute Gasteiger partial charge is 0.382 e. The van der Waals surface area contributed by atoms with Gasteiger partial charge in [0.1, 0.15) is 0 Å². The Morgan fingerprint density at radius 2 is 2.05 bits per heavy atom. The molecule has 0 aromatic heterocycles. The van der Waals surface area contributed by atoms with E-state index in [0.29, 0.717) is 5.92 Å². The molecule has 19 heavy (non-hydrogen) atoms. The molecule has 0 radical (unpaired) electrons. The van der Waals surface area contributed by atoms with Crippen molar-refractivity contribution < 1.29 is 4.74 Å². The van der Waals surface area contributed by atoms with Gasteiger partial charge in [0, 0.05) is 13.2 Å². The summed E-state index contributed by atoms with van der Waals surface area (Å²) >= 11 is 6.06. The van der Waals surface area contributed by atoms with Crippen LogP contribution in [0.1, 0.15) is 39.5 Å². The average molecular weight is 284 g/mol. The van der Waals surface area contributed by atoms with Gasteiger partial charge in [0.25, 0.3) is 0 Å². The number of anilines is 1. The van der Waals surface area contributed by atoms with Gasteiger partial charge in [-0.05, 0) is 24.5 Å². The van der Waals surface area contributed by atoms with E-state index in [0.717, 1.165) is 30.5 Å². The third-order valence-electron chi connectivity index (χ3n) is 3.33. The number of para-hydroxylation sites is 1. The average Bonchev–Trinajstić information content (AvgIpc) is 2.43. The molecule has 1 rings (SSSR count). The van der Waals surface area contributed by atoms with Crippen LogP contribution in [-0.2, 0) is 4.74 Å². The fourth-order valence-corrected chi connectivity index (χ4v) is 2.21. The van der Waals surface area contributed by atoms with Gasteiger partial charge in [0.15, 0.2) is 0 Å². The Hall–Kier alpha value is -0.730. The smallest absolute Gasteiger partial charge is 0.0639 e. The summed E-state index contributed by atoms with van der Waals surface area (Å²) < 4.78 is 5.74. The van der Waals surface area contributed by atoms with Crippen LogP contribution in [-0.4, -0.2) is 19.8 Å². The van der Waals surface area contributed by atoms with Crippen molar-refractivity contribution in [2.75, 3.05) is 25.1 Å². The number of halogens is 1. The van der Waals surface area contributed by atoms with Crippen LogP contribution < -0.4 is 5.32 Å². The quantitative estimate of drug-likeness (QED) is 0.611. The summed E-state index contributed by atoms with van der Waals surface area (Å²) in [5.74, 6) is 0.709. The molecule has 1 unspecified atom stereocenters. The second-order valence-electron chi connectivity index (χ2n) is 4.90. The van der Waals surface area contributed by atoms with Gasteiger partial charge in [-0.15, -0.1) is 0 Å². The predicted octanol–water partition coefficient (Wildman–Crippen LogP) is 4.98. The van der Waals surface area contributed by atoms with Gasteiger partial charge in [0.2, 0.25) is 0 Å². The maximum absolute atomic E-state index is 6.06. The van der Waals surface area contributed by atoms with E-state index in [2.05, 4.69) is 19.2 Å². The second-order valence-corrected chi connectivity index (χ2v) is 5.31. The molecule has 0 aliphatic carbocycles. The van der Waals surface area contributed by atoms with Gasteiger partial charge in [0.05, 0.1) is 17.3 Å². The molecule has 0 bridgehead atoms. The maximum atomic E-state index is 6.06. The fourth-order valence-electron chi connectivity index (χ4n) is 2.01. The summed E-state index contributed by atoms with van der Waals surface area (Å²) in [4.78, 5) is 0. The molecule has 0 aliphatic rings. The van der Waals surface area contributed by atoms with Crippen molar-refractivity contribution in [1.29, 1.82) is 0 Å². The first-order chi connectivity index (χ1) is 9.27. The first-order valence-corrected chi connectivity index (χ1v) is 7.71. The molecule has 2 nitrogen and oxygen atoms in total. The second kappa shape index (κ2) is 10.1. The highest BCUT2D eigenvalue weighted by molar-refractivity contribution is 6.33. The molecule has 0 heterocycles. The molecule has 108 valence electrons. The van der Waals surface area contributed by atoms with Gasteiger partial charge >= 0.3 is 0 Å². The Morgan fingerprint density at radius 1 is 1.26 bits per heavy atom. The normalized spacial score (nSPS) is 12.4. The molecule has 0 saturated carbocycles. The molecule has 1 atom stereocenters. The Bertz CT molecular complexity index is 343. The molecular weight excluding hydrogens is 258 g/mol. The van der Waals surface area contributed by atoms with Crippen LogP contribution in [0.15, 0.2) is 24.3 Å². The zero-order valence-corrected chi connectivity index (χ0v) is 12.9. The highest BCUT2D eigenvalue weighted by Crippen LogP contribution is 2.19. The third kappa shape index (κ3) is 6.84. The summed E-state index contributed by atoms with van der Waals surface area (Å²) in [7, 11) is 0. The molecule has 0 saturated heterocycles. The zero-order valence-electron chi connectivity index (χ0n) is 12.1. The van der Waals surface area contributed by atoms with E-state index in [1.54, 1.807) is 0 Å². The molecule has 1 aromatic rings. The van der Waals surface area contributed by atoms with Crippen LogP contribution in [0.25, 0.3) is 0 Å². The molecule has 3 heteroatoms. The Morgan fingerprint density at radius 3 is 2.74 bits per heavy atom. The van der Waals surface area contributed by atoms with Crippen molar-refractivity contribution in [1.82, 2.24) is 0 Å². The van der Waals surface area contributed by atoms with Gasteiger partial charge in [-0.1, -0.05) is 56.8 Å². The fraction of sp³-hybridized carbons (Fsp3) is 0.625. The number of unbranched alkanes of at least 4 members (excludes halogenated alkanes) is 1. The van der Waals surface area contributed by atoms with E-state index >= 15 is 0 Å². The van der Waals surface area contributed by atoms with Crippen LogP contribution in [0.4, 0.5) is 5.69 Å². The van der Waals surface area contributed by atoms with Crippen LogP contribution in [0.3, 0.4) is 0 Å². The van der Waals surface area contributed by atoms with E-state index in [4.69, 9.17) is 16.3 Å². The van der Waals surface area contributed by atoms with E-state index in [9.17, 15) is 0 Å². The van der Waals surface area contributed by atoms with E-state index in [1.807, 2.05) is 24.3 Å². The minimum atomic E-state index is 0.709. The van der Waals surface area contributed by atoms with Gasteiger partial charge in [-0.3, -0.25) is 0 Å². The molecule has 1 aromatic carbocycles. The van der Waals surface area contributed by atoms with E-state index in [-0.39, 0.29) is 0 Å². The lowest BCUT2D eigenvalue weighted by molar-refractivity contribution is 0.102. The van der Waals surface area contributed by atoms with Crippen molar-refractivity contribution in [3.63, 3.8) is 0 Å². The number of benzene rings is 1. The Balaban J connectivity index is 2.12.